The number of nitrogens with zero attached hydrogens (tertiary/aromatic N) is 3. The van der Waals surface area contributed by atoms with Gasteiger partial charge in [-0.1, -0.05) is 84.5 Å². The number of hydrogen-bond donors (Lipinski definition) is 1. The maximum atomic E-state index is 13.8. The first-order valence-electron chi connectivity index (χ1n) is 12.3. The molecule has 9 heteroatoms. The SMILES string of the molecule is FC(F)(F)c1ccc(Cl)cc1NC(=S)c1c(-c2ccccc2)c2c3n(c(-c4ccccc4)nn13)CCCC2. The summed E-state index contributed by atoms with van der Waals surface area (Å²) in [5, 5.41) is 8.05. The average molecular weight is 551 g/mol. The molecule has 4 nitrogen and oxygen atoms in total. The Morgan fingerprint density at radius 2 is 1.61 bits per heavy atom. The number of thiocarbonyl (C=S) groups is 1. The fourth-order valence-corrected chi connectivity index (χ4v) is 5.68. The zero-order valence-corrected chi connectivity index (χ0v) is 21.7. The quantitative estimate of drug-likeness (QED) is 0.229. The van der Waals surface area contributed by atoms with Crippen molar-refractivity contribution in [3.05, 3.63) is 101 Å². The topological polar surface area (TPSA) is 34.3 Å². The van der Waals surface area contributed by atoms with E-state index in [1.165, 1.54) is 12.1 Å². The van der Waals surface area contributed by atoms with Gasteiger partial charge in [-0.2, -0.15) is 13.2 Å². The molecule has 6 rings (SSSR count). The molecule has 2 aromatic heterocycles. The molecule has 0 bridgehead atoms. The summed E-state index contributed by atoms with van der Waals surface area (Å²) in [4.78, 5) is 0.141. The van der Waals surface area contributed by atoms with Gasteiger partial charge in [0.1, 0.15) is 16.3 Å². The first kappa shape index (κ1) is 24.7. The summed E-state index contributed by atoms with van der Waals surface area (Å²) >= 11 is 11.9. The number of aromatic nitrogens is 3. The van der Waals surface area contributed by atoms with E-state index in [-0.39, 0.29) is 15.7 Å². The highest BCUT2D eigenvalue weighted by atomic mass is 35.5. The molecule has 1 aliphatic heterocycles. The van der Waals surface area contributed by atoms with Gasteiger partial charge in [0.2, 0.25) is 0 Å². The molecule has 192 valence electrons. The Labute approximate surface area is 227 Å². The molecule has 0 atom stereocenters. The van der Waals surface area contributed by atoms with Gasteiger partial charge >= 0.3 is 6.18 Å². The van der Waals surface area contributed by atoms with Crippen molar-refractivity contribution in [2.45, 2.75) is 32.0 Å². The van der Waals surface area contributed by atoms with Crippen LogP contribution in [0.1, 0.15) is 29.7 Å². The highest BCUT2D eigenvalue weighted by molar-refractivity contribution is 7.81. The number of halogens is 4. The first-order valence-corrected chi connectivity index (χ1v) is 13.0. The van der Waals surface area contributed by atoms with E-state index in [0.717, 1.165) is 65.6 Å². The summed E-state index contributed by atoms with van der Waals surface area (Å²) in [5.41, 5.74) is 4.31. The highest BCUT2D eigenvalue weighted by Crippen LogP contribution is 2.40. The summed E-state index contributed by atoms with van der Waals surface area (Å²) in [5.74, 6) is 0.797. The maximum absolute atomic E-state index is 13.8. The minimum atomic E-state index is -4.58. The van der Waals surface area contributed by atoms with Crippen molar-refractivity contribution in [1.29, 1.82) is 0 Å². The first-order chi connectivity index (χ1) is 18.3. The minimum absolute atomic E-state index is 0.141. The van der Waals surface area contributed by atoms with Crippen LogP contribution in [0.4, 0.5) is 18.9 Å². The summed E-state index contributed by atoms with van der Waals surface area (Å²) in [6, 6.07) is 23.1. The monoisotopic (exact) mass is 550 g/mol. The van der Waals surface area contributed by atoms with Gasteiger partial charge in [-0.25, -0.2) is 4.52 Å². The second-order valence-corrected chi connectivity index (χ2v) is 10.1. The van der Waals surface area contributed by atoms with Crippen molar-refractivity contribution in [3.8, 4) is 22.5 Å². The second kappa shape index (κ2) is 9.60. The zero-order valence-electron chi connectivity index (χ0n) is 20.1. The van der Waals surface area contributed by atoms with Crippen molar-refractivity contribution in [2.24, 2.45) is 0 Å². The Balaban J connectivity index is 1.60. The molecular weight excluding hydrogens is 529 g/mol. The molecule has 3 heterocycles. The number of anilines is 1. The average Bonchev–Trinajstić information content (AvgIpc) is 3.32. The molecule has 38 heavy (non-hydrogen) atoms. The van der Waals surface area contributed by atoms with Gasteiger partial charge in [0.15, 0.2) is 5.82 Å². The van der Waals surface area contributed by atoms with E-state index in [1.807, 2.05) is 60.7 Å². The summed E-state index contributed by atoms with van der Waals surface area (Å²) in [6.07, 6.45) is -1.81. The lowest BCUT2D eigenvalue weighted by atomic mass is 9.98. The Morgan fingerprint density at radius 3 is 2.29 bits per heavy atom. The van der Waals surface area contributed by atoms with Crippen LogP contribution >= 0.6 is 23.8 Å². The summed E-state index contributed by atoms with van der Waals surface area (Å²) in [7, 11) is 0. The third kappa shape index (κ3) is 4.27. The van der Waals surface area contributed by atoms with E-state index in [1.54, 1.807) is 4.52 Å². The third-order valence-corrected chi connectivity index (χ3v) is 7.36. The molecule has 0 unspecified atom stereocenters. The van der Waals surface area contributed by atoms with Crippen molar-refractivity contribution >= 4 is 40.1 Å². The van der Waals surface area contributed by atoms with Crippen LogP contribution in [0.25, 0.3) is 28.2 Å². The smallest absolute Gasteiger partial charge is 0.344 e. The molecule has 0 aliphatic carbocycles. The number of rotatable bonds is 4. The lowest BCUT2D eigenvalue weighted by Crippen LogP contribution is -2.18. The molecule has 1 aliphatic rings. The number of benzene rings is 3. The highest BCUT2D eigenvalue weighted by Gasteiger charge is 2.35. The molecule has 0 fully saturated rings. The predicted octanol–water partition coefficient (Wildman–Crippen LogP) is 8.27. The number of hydrogen-bond acceptors (Lipinski definition) is 2. The standard InChI is InChI=1S/C29H22ClF3N4S/c30-20-14-15-22(29(31,32)33)23(17-20)34-27(38)25-24(18-9-3-1-4-10-18)21-13-7-8-16-36-26(35-37(25)28(21)36)19-11-5-2-6-12-19/h1-6,9-12,14-15,17H,7-8,13,16H2,(H,34,38). The molecule has 0 spiro atoms. The number of alkyl halides is 3. The fourth-order valence-electron chi connectivity index (χ4n) is 5.21. The predicted molar refractivity (Wildman–Crippen MR) is 149 cm³/mol. The van der Waals surface area contributed by atoms with E-state index >= 15 is 0 Å². The van der Waals surface area contributed by atoms with Gasteiger partial charge in [0.25, 0.3) is 0 Å². The van der Waals surface area contributed by atoms with Crippen LogP contribution in [-0.4, -0.2) is 19.2 Å². The molecule has 0 saturated heterocycles. The van der Waals surface area contributed by atoms with Gasteiger partial charge in [-0.15, -0.1) is 5.10 Å². The van der Waals surface area contributed by atoms with Crippen molar-refractivity contribution in [3.63, 3.8) is 0 Å². The largest absolute Gasteiger partial charge is 0.418 e. The Bertz CT molecular complexity index is 1660. The molecule has 0 saturated carbocycles. The van der Waals surface area contributed by atoms with Crippen molar-refractivity contribution < 1.29 is 13.2 Å². The van der Waals surface area contributed by atoms with Crippen LogP contribution in [-0.2, 0) is 19.1 Å². The lowest BCUT2D eigenvalue weighted by Gasteiger charge is -2.16. The van der Waals surface area contributed by atoms with Crippen LogP contribution in [0.3, 0.4) is 0 Å². The molecule has 0 amide bonds. The van der Waals surface area contributed by atoms with E-state index in [4.69, 9.17) is 28.9 Å². The summed E-state index contributed by atoms with van der Waals surface area (Å²) in [6.45, 7) is 0.783. The molecule has 5 aromatic rings. The van der Waals surface area contributed by atoms with Crippen LogP contribution in [0, 0.1) is 0 Å². The minimum Gasteiger partial charge on any atom is -0.344 e. The van der Waals surface area contributed by atoms with Gasteiger partial charge in [-0.3, -0.25) is 0 Å². The fraction of sp³-hybridized carbons (Fsp3) is 0.172. The molecule has 1 N–H and O–H groups in total. The van der Waals surface area contributed by atoms with Crippen LogP contribution in [0.15, 0.2) is 78.9 Å². The van der Waals surface area contributed by atoms with Gasteiger partial charge < -0.3 is 9.88 Å². The zero-order chi connectivity index (χ0) is 26.4. The van der Waals surface area contributed by atoms with Crippen molar-refractivity contribution in [2.75, 3.05) is 5.32 Å². The Hall–Kier alpha value is -3.62. The van der Waals surface area contributed by atoms with Gasteiger partial charge in [-0.05, 0) is 43.0 Å². The van der Waals surface area contributed by atoms with E-state index < -0.39 is 11.7 Å². The third-order valence-electron chi connectivity index (χ3n) is 6.83. The van der Waals surface area contributed by atoms with E-state index in [2.05, 4.69) is 9.88 Å². The van der Waals surface area contributed by atoms with Crippen LogP contribution < -0.4 is 5.32 Å². The lowest BCUT2D eigenvalue weighted by molar-refractivity contribution is -0.136. The van der Waals surface area contributed by atoms with Gasteiger partial charge in [0, 0.05) is 28.3 Å². The molecule has 0 radical (unpaired) electrons. The normalized spacial score (nSPS) is 13.5. The maximum Gasteiger partial charge on any atom is 0.418 e. The van der Waals surface area contributed by atoms with Crippen LogP contribution in [0.2, 0.25) is 5.02 Å². The Morgan fingerprint density at radius 1 is 0.921 bits per heavy atom. The van der Waals surface area contributed by atoms with E-state index in [0.29, 0.717) is 5.69 Å². The van der Waals surface area contributed by atoms with Crippen molar-refractivity contribution in [1.82, 2.24) is 14.2 Å². The number of nitrogens with one attached hydrogen (secondary N) is 1. The molecular formula is C29H22ClF3N4S. The van der Waals surface area contributed by atoms with Crippen LogP contribution in [0.5, 0.6) is 0 Å². The number of aryl methyl sites for hydroxylation is 2. The second-order valence-electron chi connectivity index (χ2n) is 9.24. The molecule has 3 aromatic carbocycles. The van der Waals surface area contributed by atoms with Gasteiger partial charge in [0.05, 0.1) is 11.3 Å². The van der Waals surface area contributed by atoms with E-state index in [9.17, 15) is 13.2 Å². The summed E-state index contributed by atoms with van der Waals surface area (Å²) < 4.78 is 45.5. The Kier molecular flexibility index (Phi) is 6.24.